The molecule has 3 N–H and O–H groups in total. The summed E-state index contributed by atoms with van der Waals surface area (Å²) in [5.41, 5.74) is 0.0183. The summed E-state index contributed by atoms with van der Waals surface area (Å²) in [4.78, 5) is 58.8. The monoisotopic (exact) mass is 588 g/mol. The van der Waals surface area contributed by atoms with Gasteiger partial charge in [0, 0.05) is 63.1 Å². The Kier molecular flexibility index (Phi) is 8.40. The van der Waals surface area contributed by atoms with Gasteiger partial charge >= 0.3 is 12.2 Å². The number of nitrogens with zero attached hydrogens (tertiary/aromatic N) is 5. The lowest BCUT2D eigenvalue weighted by Gasteiger charge is -2.36. The van der Waals surface area contributed by atoms with E-state index in [4.69, 9.17) is 9.47 Å². The summed E-state index contributed by atoms with van der Waals surface area (Å²) in [6, 6.07) is 2.10. The van der Waals surface area contributed by atoms with Crippen LogP contribution >= 0.6 is 0 Å². The molecule has 42 heavy (non-hydrogen) atoms. The minimum atomic E-state index is -0.869. The van der Waals surface area contributed by atoms with Gasteiger partial charge in [-0.15, -0.1) is 0 Å². The summed E-state index contributed by atoms with van der Waals surface area (Å²) in [6.07, 6.45) is 4.14. The van der Waals surface area contributed by atoms with Gasteiger partial charge in [0.25, 0.3) is 5.91 Å². The van der Waals surface area contributed by atoms with E-state index in [9.17, 15) is 19.2 Å². The minimum absolute atomic E-state index is 0.0156. The van der Waals surface area contributed by atoms with E-state index in [1.807, 2.05) is 0 Å². The van der Waals surface area contributed by atoms with Crippen molar-refractivity contribution in [2.24, 2.45) is 4.99 Å². The number of hydrogen-bond donors (Lipinski definition) is 3. The van der Waals surface area contributed by atoms with E-state index in [0.717, 1.165) is 17.0 Å². The maximum Gasteiger partial charge on any atom is 0.414 e. The zero-order chi connectivity index (χ0) is 29.8. The second kappa shape index (κ2) is 12.3. The summed E-state index contributed by atoms with van der Waals surface area (Å²) in [5, 5.41) is 8.04. The van der Waals surface area contributed by atoms with Crippen molar-refractivity contribution in [3.63, 3.8) is 0 Å². The number of carbonyl (C=O) groups is 4. The Morgan fingerprint density at radius 3 is 2.57 bits per heavy atom. The molecular weight excluding hydrogens is 558 g/mol. The van der Waals surface area contributed by atoms with Gasteiger partial charge in [0.15, 0.2) is 11.6 Å². The highest BCUT2D eigenvalue weighted by molar-refractivity contribution is 5.96. The highest BCUT2D eigenvalue weighted by atomic mass is 19.1. The fourth-order valence-electron chi connectivity index (χ4n) is 4.89. The first-order valence-corrected chi connectivity index (χ1v) is 13.4. The minimum Gasteiger partial charge on any atom is -0.450 e. The topological polar surface area (TPSA) is 148 Å². The van der Waals surface area contributed by atoms with Crippen LogP contribution in [0.1, 0.15) is 6.92 Å². The molecule has 1 aromatic carbocycles. The number of alkyl carbamates (subject to hydrolysis) is 1. The predicted octanol–water partition coefficient (Wildman–Crippen LogP) is 0.429. The molecule has 0 aromatic heterocycles. The molecule has 0 aliphatic carbocycles. The van der Waals surface area contributed by atoms with E-state index >= 15 is 8.78 Å². The van der Waals surface area contributed by atoms with Crippen molar-refractivity contribution >= 4 is 41.6 Å². The molecule has 0 spiro atoms. The van der Waals surface area contributed by atoms with Crippen LogP contribution in [-0.2, 0) is 19.1 Å². The molecule has 2 atom stereocenters. The standard InChI is InChI=1S/C26H30F2N8O6/c1-2-41-25(39)31-11-17-14-36(26(40)42-17)16-9-18(27)23(19(28)10-16)34-7-5-33(6-8-34)22(37)13-30-24(38)20-15-35-4-3-29-12-21(35)32-20/h3-4,9-10,12,15,17,21,32H,2,5-8,11,13-14H2,1H3,(H,30,38)(H,31,39). The lowest BCUT2D eigenvalue weighted by atomic mass is 10.2. The summed E-state index contributed by atoms with van der Waals surface area (Å²) in [6.45, 7) is 2.28. The van der Waals surface area contributed by atoms with Crippen LogP contribution in [0.4, 0.5) is 29.7 Å². The maximum absolute atomic E-state index is 15.1. The zero-order valence-electron chi connectivity index (χ0n) is 22.7. The van der Waals surface area contributed by atoms with Crippen molar-refractivity contribution in [3.8, 4) is 0 Å². The van der Waals surface area contributed by atoms with E-state index in [1.54, 1.807) is 36.6 Å². The first-order valence-electron chi connectivity index (χ1n) is 13.4. The highest BCUT2D eigenvalue weighted by Crippen LogP contribution is 2.31. The maximum atomic E-state index is 15.1. The van der Waals surface area contributed by atoms with Crippen LogP contribution < -0.4 is 25.8 Å². The molecule has 0 saturated carbocycles. The molecule has 4 heterocycles. The van der Waals surface area contributed by atoms with Crippen LogP contribution in [0.5, 0.6) is 0 Å². The number of rotatable bonds is 8. The van der Waals surface area contributed by atoms with Crippen LogP contribution in [0.2, 0.25) is 0 Å². The van der Waals surface area contributed by atoms with Gasteiger partial charge in [-0.1, -0.05) is 0 Å². The first kappa shape index (κ1) is 28.6. The van der Waals surface area contributed by atoms with E-state index in [0.29, 0.717) is 5.70 Å². The van der Waals surface area contributed by atoms with Gasteiger partial charge in [-0.25, -0.2) is 18.4 Å². The second-order valence-electron chi connectivity index (χ2n) is 9.70. The lowest BCUT2D eigenvalue weighted by molar-refractivity contribution is -0.132. The van der Waals surface area contributed by atoms with Crippen molar-refractivity contribution in [2.75, 3.05) is 62.2 Å². The van der Waals surface area contributed by atoms with Gasteiger partial charge < -0.3 is 40.1 Å². The van der Waals surface area contributed by atoms with Gasteiger partial charge in [-0.2, -0.15) is 0 Å². The van der Waals surface area contributed by atoms with Crippen molar-refractivity contribution < 1.29 is 37.4 Å². The fourth-order valence-corrected chi connectivity index (χ4v) is 4.89. The van der Waals surface area contributed by atoms with Crippen molar-refractivity contribution in [1.29, 1.82) is 0 Å². The molecule has 0 bridgehead atoms. The van der Waals surface area contributed by atoms with Crippen LogP contribution in [0.25, 0.3) is 0 Å². The first-order chi connectivity index (χ1) is 20.2. The fraction of sp³-hybridized carbons (Fsp3) is 0.423. The highest BCUT2D eigenvalue weighted by Gasteiger charge is 2.34. The number of piperazine rings is 1. The molecule has 0 radical (unpaired) electrons. The SMILES string of the molecule is CCOC(=O)NCC1CN(c2cc(F)c(N3CCN(C(=O)CNC(=O)C4=CN5C=CN=CC5N4)CC3)c(F)c2)C(=O)O1. The summed E-state index contributed by atoms with van der Waals surface area (Å²) >= 11 is 0. The van der Waals surface area contributed by atoms with E-state index < -0.39 is 35.8 Å². The van der Waals surface area contributed by atoms with Crippen molar-refractivity contribution in [1.82, 2.24) is 25.8 Å². The molecule has 4 amide bonds. The Bertz CT molecular complexity index is 1320. The number of amides is 4. The van der Waals surface area contributed by atoms with Gasteiger partial charge in [-0.3, -0.25) is 19.5 Å². The molecule has 5 rings (SSSR count). The third-order valence-corrected chi connectivity index (χ3v) is 6.99. The number of cyclic esters (lactones) is 1. The summed E-state index contributed by atoms with van der Waals surface area (Å²) in [5.74, 6) is -2.50. The van der Waals surface area contributed by atoms with Crippen LogP contribution in [-0.4, -0.2) is 105 Å². The number of benzene rings is 1. The third-order valence-electron chi connectivity index (χ3n) is 6.99. The Morgan fingerprint density at radius 1 is 1.14 bits per heavy atom. The van der Waals surface area contributed by atoms with Gasteiger partial charge in [-0.05, 0) is 6.92 Å². The normalized spacial score (nSPS) is 21.0. The average Bonchev–Trinajstić information content (AvgIpc) is 3.58. The van der Waals surface area contributed by atoms with E-state index in [1.165, 1.54) is 9.80 Å². The summed E-state index contributed by atoms with van der Waals surface area (Å²) < 4.78 is 40.2. The predicted molar refractivity (Wildman–Crippen MR) is 145 cm³/mol. The number of carbonyl (C=O) groups excluding carboxylic acids is 4. The Morgan fingerprint density at radius 2 is 1.88 bits per heavy atom. The molecular formula is C26H30F2N8O6. The van der Waals surface area contributed by atoms with Crippen molar-refractivity contribution in [2.45, 2.75) is 19.2 Å². The molecule has 4 aliphatic rings. The number of anilines is 2. The van der Waals surface area contributed by atoms with Crippen molar-refractivity contribution in [3.05, 3.63) is 48.1 Å². The number of ether oxygens (including phenoxy) is 2. The Balaban J connectivity index is 1.11. The summed E-state index contributed by atoms with van der Waals surface area (Å²) in [7, 11) is 0. The molecule has 14 nitrogen and oxygen atoms in total. The van der Waals surface area contributed by atoms with Crippen LogP contribution in [0.3, 0.4) is 0 Å². The quantitative estimate of drug-likeness (QED) is 0.393. The van der Waals surface area contributed by atoms with E-state index in [2.05, 4.69) is 20.9 Å². The van der Waals surface area contributed by atoms with Gasteiger partial charge in [0.05, 0.1) is 31.9 Å². The third kappa shape index (κ3) is 6.21. The number of aliphatic imine (C=N–C) groups is 1. The number of halogens is 2. The lowest BCUT2D eigenvalue weighted by Crippen LogP contribution is -2.52. The zero-order valence-corrected chi connectivity index (χ0v) is 22.7. The number of fused-ring (bicyclic) bond motifs is 1. The van der Waals surface area contributed by atoms with E-state index in [-0.39, 0.29) is 75.9 Å². The molecule has 2 saturated heterocycles. The Labute approximate surface area is 239 Å². The van der Waals surface area contributed by atoms with Crippen LogP contribution in [0, 0.1) is 11.6 Å². The Hall–Kier alpha value is -4.89. The largest absolute Gasteiger partial charge is 0.450 e. The molecule has 2 unspecified atom stereocenters. The number of hydrogen-bond acceptors (Lipinski definition) is 10. The van der Waals surface area contributed by atoms with Crippen LogP contribution in [0.15, 0.2) is 41.4 Å². The molecule has 1 aromatic rings. The van der Waals surface area contributed by atoms with Gasteiger partial charge in [0.2, 0.25) is 5.91 Å². The smallest absolute Gasteiger partial charge is 0.414 e. The number of nitrogens with one attached hydrogen (secondary N) is 3. The second-order valence-corrected chi connectivity index (χ2v) is 9.70. The molecule has 224 valence electrons. The van der Waals surface area contributed by atoms with Gasteiger partial charge in [0.1, 0.15) is 23.7 Å². The molecule has 16 heteroatoms. The average molecular weight is 589 g/mol. The molecule has 2 fully saturated rings. The molecule has 4 aliphatic heterocycles.